The number of nitrogens with one attached hydrogen (secondary N) is 2. The molecule has 0 aliphatic rings. The smallest absolute Gasteiger partial charge is 0.224 e. The van der Waals surface area contributed by atoms with Gasteiger partial charge in [-0.3, -0.25) is 9.79 Å². The van der Waals surface area contributed by atoms with Crippen LogP contribution >= 0.6 is 24.0 Å². The highest BCUT2D eigenvalue weighted by atomic mass is 127. The highest BCUT2D eigenvalue weighted by molar-refractivity contribution is 14.0. The number of carbonyl (C=O) groups excluding carboxylic acids is 1. The number of carbonyl (C=O) groups is 1. The van der Waals surface area contributed by atoms with E-state index in [0.717, 1.165) is 38.6 Å². The first-order valence-electron chi connectivity index (χ1n) is 8.49. The van der Waals surface area contributed by atoms with Crippen molar-refractivity contribution < 1.29 is 4.79 Å². The number of hydrogen-bond acceptors (Lipinski definition) is 2. The molecular formula is C16H35IN4O. The Morgan fingerprint density at radius 3 is 2.23 bits per heavy atom. The summed E-state index contributed by atoms with van der Waals surface area (Å²) in [6, 6.07) is 0. The molecular weight excluding hydrogens is 391 g/mol. The van der Waals surface area contributed by atoms with Gasteiger partial charge in [-0.1, -0.05) is 26.2 Å². The van der Waals surface area contributed by atoms with Crippen LogP contribution in [0.4, 0.5) is 0 Å². The number of nitrogens with zero attached hydrogens (tertiary/aromatic N) is 2. The highest BCUT2D eigenvalue weighted by Gasteiger charge is 2.08. The number of aliphatic imine (C=N–C) groups is 1. The fourth-order valence-corrected chi connectivity index (χ4v) is 2.09. The summed E-state index contributed by atoms with van der Waals surface area (Å²) in [5.74, 6) is 1.02. The first-order chi connectivity index (χ1) is 10.2. The molecule has 0 aromatic carbocycles. The van der Waals surface area contributed by atoms with Gasteiger partial charge in [0.15, 0.2) is 5.96 Å². The molecule has 5 nitrogen and oxygen atoms in total. The van der Waals surface area contributed by atoms with Gasteiger partial charge < -0.3 is 15.5 Å². The standard InChI is InChI=1S/C16H34N4O.HI/c1-5-9-10-11-13-18-16(17-6-2)19-14-12-15(21)20(7-3)8-4;/h5-14H2,1-4H3,(H2,17,18,19);1H. The van der Waals surface area contributed by atoms with E-state index in [-0.39, 0.29) is 29.9 Å². The normalized spacial score (nSPS) is 10.8. The molecule has 0 aliphatic heterocycles. The van der Waals surface area contributed by atoms with Crippen LogP contribution in [-0.2, 0) is 4.79 Å². The van der Waals surface area contributed by atoms with Gasteiger partial charge in [0.1, 0.15) is 0 Å². The van der Waals surface area contributed by atoms with Crippen LogP contribution in [0.3, 0.4) is 0 Å². The van der Waals surface area contributed by atoms with Crippen molar-refractivity contribution in [1.29, 1.82) is 0 Å². The summed E-state index contributed by atoms with van der Waals surface area (Å²) in [6.07, 6.45) is 5.40. The van der Waals surface area contributed by atoms with E-state index in [9.17, 15) is 4.79 Å². The summed E-state index contributed by atoms with van der Waals surface area (Å²) < 4.78 is 0. The molecule has 1 amide bonds. The summed E-state index contributed by atoms with van der Waals surface area (Å²) in [5.41, 5.74) is 0. The van der Waals surface area contributed by atoms with E-state index in [1.54, 1.807) is 0 Å². The molecule has 0 aromatic heterocycles. The van der Waals surface area contributed by atoms with Gasteiger partial charge >= 0.3 is 0 Å². The van der Waals surface area contributed by atoms with Gasteiger partial charge in [0, 0.05) is 39.1 Å². The predicted molar refractivity (Wildman–Crippen MR) is 106 cm³/mol. The molecule has 0 fully saturated rings. The summed E-state index contributed by atoms with van der Waals surface area (Å²) in [6.45, 7) is 12.2. The lowest BCUT2D eigenvalue weighted by molar-refractivity contribution is -0.130. The Bertz CT molecular complexity index is 294. The van der Waals surface area contributed by atoms with Crippen LogP contribution in [0, 0.1) is 0 Å². The van der Waals surface area contributed by atoms with Gasteiger partial charge in [0.2, 0.25) is 5.91 Å². The largest absolute Gasteiger partial charge is 0.357 e. The average molecular weight is 426 g/mol. The summed E-state index contributed by atoms with van der Waals surface area (Å²) in [4.78, 5) is 18.3. The van der Waals surface area contributed by atoms with Gasteiger partial charge in [0.05, 0.1) is 0 Å². The molecule has 0 aliphatic carbocycles. The van der Waals surface area contributed by atoms with Gasteiger partial charge in [-0.2, -0.15) is 0 Å². The summed E-state index contributed by atoms with van der Waals surface area (Å²) in [7, 11) is 0. The van der Waals surface area contributed by atoms with Gasteiger partial charge in [-0.15, -0.1) is 24.0 Å². The molecule has 22 heavy (non-hydrogen) atoms. The zero-order valence-electron chi connectivity index (χ0n) is 14.8. The van der Waals surface area contributed by atoms with Crippen LogP contribution in [-0.4, -0.2) is 49.5 Å². The SMILES string of the molecule is CCCCCCN=C(NCC)NCCC(=O)N(CC)CC.I. The third kappa shape index (κ3) is 12.1. The monoisotopic (exact) mass is 426 g/mol. The van der Waals surface area contributed by atoms with Crippen molar-refractivity contribution >= 4 is 35.8 Å². The lowest BCUT2D eigenvalue weighted by Crippen LogP contribution is -2.40. The Labute approximate surface area is 153 Å². The molecule has 0 bridgehead atoms. The minimum Gasteiger partial charge on any atom is -0.357 e. The number of guanidine groups is 1. The van der Waals surface area contributed by atoms with Crippen LogP contribution in [0.1, 0.15) is 59.8 Å². The fraction of sp³-hybridized carbons (Fsp3) is 0.875. The van der Waals surface area contributed by atoms with E-state index in [0.29, 0.717) is 13.0 Å². The number of unbranched alkanes of at least 4 members (excludes halogenated alkanes) is 3. The highest BCUT2D eigenvalue weighted by Crippen LogP contribution is 1.98. The third-order valence-corrected chi connectivity index (χ3v) is 3.37. The van der Waals surface area contributed by atoms with Gasteiger partial charge in [-0.05, 0) is 27.2 Å². The molecule has 0 saturated carbocycles. The Kier molecular flexibility index (Phi) is 18.2. The zero-order valence-corrected chi connectivity index (χ0v) is 17.1. The average Bonchev–Trinajstić information content (AvgIpc) is 2.48. The van der Waals surface area contributed by atoms with E-state index in [1.807, 2.05) is 18.7 Å². The second kappa shape index (κ2) is 16.8. The molecule has 0 unspecified atom stereocenters. The summed E-state index contributed by atoms with van der Waals surface area (Å²) >= 11 is 0. The Morgan fingerprint density at radius 2 is 1.68 bits per heavy atom. The maximum absolute atomic E-state index is 11.9. The second-order valence-corrected chi connectivity index (χ2v) is 5.06. The Morgan fingerprint density at radius 1 is 1.00 bits per heavy atom. The van der Waals surface area contributed by atoms with Gasteiger partial charge in [0.25, 0.3) is 0 Å². The molecule has 0 rings (SSSR count). The maximum atomic E-state index is 11.9. The first kappa shape index (κ1) is 23.7. The number of rotatable bonds is 11. The Balaban J connectivity index is 0. The van der Waals surface area contributed by atoms with E-state index in [1.165, 1.54) is 19.3 Å². The van der Waals surface area contributed by atoms with E-state index < -0.39 is 0 Å². The topological polar surface area (TPSA) is 56.7 Å². The predicted octanol–water partition coefficient (Wildman–Crippen LogP) is 3.00. The maximum Gasteiger partial charge on any atom is 0.224 e. The van der Waals surface area contributed by atoms with Crippen LogP contribution in [0.5, 0.6) is 0 Å². The van der Waals surface area contributed by atoms with Crippen molar-refractivity contribution in [3.8, 4) is 0 Å². The molecule has 0 heterocycles. The van der Waals surface area contributed by atoms with Crippen molar-refractivity contribution in [2.75, 3.05) is 32.7 Å². The third-order valence-electron chi connectivity index (χ3n) is 3.37. The zero-order chi connectivity index (χ0) is 15.9. The second-order valence-electron chi connectivity index (χ2n) is 5.06. The molecule has 0 radical (unpaired) electrons. The lowest BCUT2D eigenvalue weighted by Gasteiger charge is -2.19. The lowest BCUT2D eigenvalue weighted by atomic mass is 10.2. The van der Waals surface area contributed by atoms with E-state index in [4.69, 9.17) is 0 Å². The Hall–Kier alpha value is -0.530. The van der Waals surface area contributed by atoms with Crippen LogP contribution in [0.2, 0.25) is 0 Å². The number of amides is 1. The van der Waals surface area contributed by atoms with Crippen LogP contribution in [0.15, 0.2) is 4.99 Å². The minimum absolute atomic E-state index is 0. The van der Waals surface area contributed by atoms with Crippen molar-refractivity contribution in [2.24, 2.45) is 4.99 Å². The van der Waals surface area contributed by atoms with Crippen LogP contribution < -0.4 is 10.6 Å². The van der Waals surface area contributed by atoms with Crippen molar-refractivity contribution in [2.45, 2.75) is 59.8 Å². The first-order valence-corrected chi connectivity index (χ1v) is 8.49. The summed E-state index contributed by atoms with van der Waals surface area (Å²) in [5, 5.41) is 6.46. The fourth-order valence-electron chi connectivity index (χ4n) is 2.09. The molecule has 6 heteroatoms. The molecule has 0 spiro atoms. The van der Waals surface area contributed by atoms with E-state index in [2.05, 4.69) is 29.5 Å². The van der Waals surface area contributed by atoms with Gasteiger partial charge in [-0.25, -0.2) is 0 Å². The molecule has 0 atom stereocenters. The van der Waals surface area contributed by atoms with Crippen molar-refractivity contribution in [1.82, 2.24) is 15.5 Å². The quantitative estimate of drug-likeness (QED) is 0.231. The van der Waals surface area contributed by atoms with E-state index >= 15 is 0 Å². The minimum atomic E-state index is 0. The number of hydrogen-bond donors (Lipinski definition) is 2. The molecule has 0 saturated heterocycles. The van der Waals surface area contributed by atoms with Crippen molar-refractivity contribution in [3.05, 3.63) is 0 Å². The molecule has 2 N–H and O–H groups in total. The van der Waals surface area contributed by atoms with Crippen LogP contribution in [0.25, 0.3) is 0 Å². The van der Waals surface area contributed by atoms with Crippen molar-refractivity contribution in [3.63, 3.8) is 0 Å². The number of halogens is 1. The molecule has 0 aromatic rings. The molecule has 132 valence electrons.